The molecule has 0 aromatic heterocycles. The van der Waals surface area contributed by atoms with Crippen LogP contribution in [-0.4, -0.2) is 11.9 Å². The lowest BCUT2D eigenvalue weighted by Crippen LogP contribution is -2.31. The van der Waals surface area contributed by atoms with Crippen molar-refractivity contribution >= 4 is 6.29 Å². The molecule has 23 heavy (non-hydrogen) atoms. The molecule has 1 aromatic carbocycles. The van der Waals surface area contributed by atoms with Crippen molar-refractivity contribution in [1.29, 1.82) is 0 Å². The summed E-state index contributed by atoms with van der Waals surface area (Å²) >= 11 is 0. The van der Waals surface area contributed by atoms with Gasteiger partial charge in [0.05, 0.1) is 12.2 Å². The average Bonchev–Trinajstić information content (AvgIpc) is 2.52. The third-order valence-electron chi connectivity index (χ3n) is 4.54. The molecule has 0 N–H and O–H groups in total. The molecular formula is C21H30O2. The van der Waals surface area contributed by atoms with Crippen molar-refractivity contribution in [3.63, 3.8) is 0 Å². The minimum Gasteiger partial charge on any atom is -0.370 e. The van der Waals surface area contributed by atoms with E-state index in [1.54, 1.807) is 0 Å². The van der Waals surface area contributed by atoms with Crippen LogP contribution in [0.15, 0.2) is 54.6 Å². The van der Waals surface area contributed by atoms with Gasteiger partial charge in [0.25, 0.3) is 0 Å². The predicted octanol–water partition coefficient (Wildman–Crippen LogP) is 5.20. The number of carbonyl (C=O) groups excluding carboxylic acids is 1. The van der Waals surface area contributed by atoms with Crippen molar-refractivity contribution in [2.24, 2.45) is 17.8 Å². The molecule has 0 aliphatic rings. The fourth-order valence-electron chi connectivity index (χ4n) is 2.36. The SMILES string of the molecule is C=C(C)[C@H](C=O)[C@H](C)/C=C/[C@H](C)C(C)(C)OCc1ccccc1. The van der Waals surface area contributed by atoms with Gasteiger partial charge in [0.15, 0.2) is 0 Å². The number of allylic oxidation sites excluding steroid dienone is 2. The Morgan fingerprint density at radius 3 is 2.35 bits per heavy atom. The minimum atomic E-state index is -0.272. The van der Waals surface area contributed by atoms with Crippen LogP contribution >= 0.6 is 0 Å². The molecule has 0 aliphatic heterocycles. The smallest absolute Gasteiger partial charge is 0.127 e. The molecule has 0 bridgehead atoms. The van der Waals surface area contributed by atoms with Gasteiger partial charge in [-0.15, -0.1) is 0 Å². The lowest BCUT2D eigenvalue weighted by Gasteiger charge is -2.30. The second-order valence-electron chi connectivity index (χ2n) is 6.92. The second kappa shape index (κ2) is 8.83. The molecule has 0 spiro atoms. The van der Waals surface area contributed by atoms with Crippen LogP contribution in [0, 0.1) is 17.8 Å². The van der Waals surface area contributed by atoms with E-state index in [0.29, 0.717) is 6.61 Å². The Hall–Kier alpha value is -1.67. The van der Waals surface area contributed by atoms with E-state index in [4.69, 9.17) is 4.74 Å². The van der Waals surface area contributed by atoms with Crippen LogP contribution in [-0.2, 0) is 16.1 Å². The summed E-state index contributed by atoms with van der Waals surface area (Å²) in [7, 11) is 0. The summed E-state index contributed by atoms with van der Waals surface area (Å²) in [6.07, 6.45) is 5.24. The molecule has 126 valence electrons. The minimum absolute atomic E-state index is 0.119. The monoisotopic (exact) mass is 314 g/mol. The first-order valence-electron chi connectivity index (χ1n) is 8.25. The van der Waals surface area contributed by atoms with Gasteiger partial charge in [0.2, 0.25) is 0 Å². The molecule has 0 fully saturated rings. The Balaban J connectivity index is 2.63. The van der Waals surface area contributed by atoms with E-state index >= 15 is 0 Å². The Morgan fingerprint density at radius 2 is 1.83 bits per heavy atom. The van der Waals surface area contributed by atoms with Gasteiger partial charge in [-0.3, -0.25) is 0 Å². The fourth-order valence-corrected chi connectivity index (χ4v) is 2.36. The number of hydrogen-bond acceptors (Lipinski definition) is 2. The molecular weight excluding hydrogens is 284 g/mol. The molecule has 0 unspecified atom stereocenters. The fraction of sp³-hybridized carbons (Fsp3) is 0.476. The van der Waals surface area contributed by atoms with Crippen LogP contribution in [0.2, 0.25) is 0 Å². The zero-order valence-corrected chi connectivity index (χ0v) is 15.1. The van der Waals surface area contributed by atoms with E-state index in [1.807, 2.05) is 25.1 Å². The Kier molecular flexibility index (Phi) is 7.44. The summed E-state index contributed by atoms with van der Waals surface area (Å²) in [6.45, 7) is 14.8. The summed E-state index contributed by atoms with van der Waals surface area (Å²) in [4.78, 5) is 11.2. The van der Waals surface area contributed by atoms with Crippen molar-refractivity contribution in [3.8, 4) is 0 Å². The largest absolute Gasteiger partial charge is 0.370 e. The number of rotatable bonds is 9. The summed E-state index contributed by atoms with van der Waals surface area (Å²) in [5.74, 6) is 0.273. The maximum absolute atomic E-state index is 11.2. The van der Waals surface area contributed by atoms with Crippen molar-refractivity contribution in [1.82, 2.24) is 0 Å². The molecule has 0 amide bonds. The molecule has 1 aromatic rings. The highest BCUT2D eigenvalue weighted by Crippen LogP contribution is 2.26. The number of aldehydes is 1. The zero-order chi connectivity index (χ0) is 17.5. The highest BCUT2D eigenvalue weighted by Gasteiger charge is 2.25. The normalized spacial score (nSPS) is 16.0. The van der Waals surface area contributed by atoms with E-state index in [1.165, 1.54) is 5.56 Å². The van der Waals surface area contributed by atoms with E-state index in [-0.39, 0.29) is 23.4 Å². The first kappa shape index (κ1) is 19.4. The average molecular weight is 314 g/mol. The predicted molar refractivity (Wildman–Crippen MR) is 97.1 cm³/mol. The van der Waals surface area contributed by atoms with Gasteiger partial charge >= 0.3 is 0 Å². The number of carbonyl (C=O) groups is 1. The Morgan fingerprint density at radius 1 is 1.22 bits per heavy atom. The molecule has 0 saturated carbocycles. The molecule has 0 radical (unpaired) electrons. The lowest BCUT2D eigenvalue weighted by atomic mass is 9.86. The van der Waals surface area contributed by atoms with E-state index in [9.17, 15) is 4.79 Å². The highest BCUT2D eigenvalue weighted by atomic mass is 16.5. The third-order valence-corrected chi connectivity index (χ3v) is 4.54. The lowest BCUT2D eigenvalue weighted by molar-refractivity contribution is -0.110. The Labute approximate surface area is 141 Å². The summed E-state index contributed by atoms with van der Waals surface area (Å²) in [5, 5.41) is 0. The summed E-state index contributed by atoms with van der Waals surface area (Å²) in [5.41, 5.74) is 1.81. The number of ether oxygens (including phenoxy) is 1. The van der Waals surface area contributed by atoms with E-state index in [2.05, 4.69) is 58.6 Å². The first-order chi connectivity index (χ1) is 10.8. The quantitative estimate of drug-likeness (QED) is 0.462. The molecule has 0 saturated heterocycles. The maximum Gasteiger partial charge on any atom is 0.127 e. The van der Waals surface area contributed by atoms with Crippen molar-refractivity contribution in [3.05, 3.63) is 60.2 Å². The van der Waals surface area contributed by atoms with Crippen LogP contribution < -0.4 is 0 Å². The van der Waals surface area contributed by atoms with Gasteiger partial charge in [0, 0.05) is 11.8 Å². The molecule has 0 heterocycles. The van der Waals surface area contributed by atoms with Crippen molar-refractivity contribution in [2.75, 3.05) is 0 Å². The molecule has 0 aliphatic carbocycles. The van der Waals surface area contributed by atoms with Crippen molar-refractivity contribution < 1.29 is 9.53 Å². The Bertz CT molecular complexity index is 528. The van der Waals surface area contributed by atoms with E-state index < -0.39 is 0 Å². The zero-order valence-electron chi connectivity index (χ0n) is 15.1. The number of benzene rings is 1. The van der Waals surface area contributed by atoms with Gasteiger partial charge in [-0.25, -0.2) is 0 Å². The van der Waals surface area contributed by atoms with Gasteiger partial charge in [0.1, 0.15) is 6.29 Å². The van der Waals surface area contributed by atoms with Gasteiger partial charge < -0.3 is 9.53 Å². The summed E-state index contributed by atoms with van der Waals surface area (Å²) in [6, 6.07) is 10.2. The van der Waals surface area contributed by atoms with Gasteiger partial charge in [-0.1, -0.05) is 68.5 Å². The topological polar surface area (TPSA) is 26.3 Å². The molecule has 1 rings (SSSR count). The maximum atomic E-state index is 11.2. The van der Waals surface area contributed by atoms with Crippen molar-refractivity contribution in [2.45, 2.75) is 46.8 Å². The standard InChI is InChI=1S/C21H30O2/c1-16(2)20(14-22)17(3)12-13-18(4)21(5,6)23-15-19-10-8-7-9-11-19/h7-14,17-18,20H,1,15H2,2-6H3/b13-12+/t17-,18+,20+/m1/s1. The second-order valence-corrected chi connectivity index (χ2v) is 6.92. The summed E-state index contributed by atoms with van der Waals surface area (Å²) < 4.78 is 6.11. The molecule has 3 atom stereocenters. The van der Waals surface area contributed by atoms with Gasteiger partial charge in [-0.2, -0.15) is 0 Å². The third kappa shape index (κ3) is 6.15. The molecule has 2 nitrogen and oxygen atoms in total. The first-order valence-corrected chi connectivity index (χ1v) is 8.25. The molecule has 2 heteroatoms. The number of hydrogen-bond donors (Lipinski definition) is 0. The van der Waals surface area contributed by atoms with Crippen LogP contribution in [0.1, 0.15) is 40.2 Å². The van der Waals surface area contributed by atoms with Crippen LogP contribution in [0.3, 0.4) is 0 Å². The van der Waals surface area contributed by atoms with Crippen LogP contribution in [0.25, 0.3) is 0 Å². The highest BCUT2D eigenvalue weighted by molar-refractivity contribution is 5.59. The van der Waals surface area contributed by atoms with Crippen LogP contribution in [0.4, 0.5) is 0 Å². The van der Waals surface area contributed by atoms with Crippen LogP contribution in [0.5, 0.6) is 0 Å². The van der Waals surface area contributed by atoms with Gasteiger partial charge in [-0.05, 0) is 32.3 Å². The van der Waals surface area contributed by atoms with E-state index in [0.717, 1.165) is 11.9 Å².